The van der Waals surface area contributed by atoms with Gasteiger partial charge in [-0.3, -0.25) is 39.7 Å². The zero-order valence-electron chi connectivity index (χ0n) is 19.4. The molecule has 1 aliphatic rings. The van der Waals surface area contributed by atoms with Gasteiger partial charge in [0.05, 0.1) is 17.4 Å². The van der Waals surface area contributed by atoms with Crippen LogP contribution < -0.4 is 10.2 Å². The second kappa shape index (κ2) is 11.1. The van der Waals surface area contributed by atoms with E-state index in [9.17, 15) is 29.3 Å². The molecule has 0 unspecified atom stereocenters. The number of hydrogen-bond acceptors (Lipinski definition) is 8. The molecule has 1 fully saturated rings. The van der Waals surface area contributed by atoms with Gasteiger partial charge < -0.3 is 9.47 Å². The van der Waals surface area contributed by atoms with E-state index in [0.717, 1.165) is 5.01 Å². The standard InChI is InChI=1S/C26H21N3O8/c30-23(17-6-10-21(11-7-17)37-22-12-8-20(9-13-22)29(34)35)16-36-26(33)19-14-24(31)28(15-19)27-25(32)18-4-2-1-3-5-18/h1-13,19H,14-16H2,(H,27,32)/t19-/m1/s1. The summed E-state index contributed by atoms with van der Waals surface area (Å²) in [7, 11) is 0. The SMILES string of the molecule is O=C(COC(=O)[C@@H]1CC(=O)N(NC(=O)c2ccccc2)C1)c1ccc(Oc2ccc([N+](=O)[O-])cc2)cc1. The molecule has 0 spiro atoms. The van der Waals surface area contributed by atoms with E-state index in [2.05, 4.69) is 5.43 Å². The molecule has 0 radical (unpaired) electrons. The van der Waals surface area contributed by atoms with Gasteiger partial charge in [-0.25, -0.2) is 0 Å². The van der Waals surface area contributed by atoms with Gasteiger partial charge in [0.1, 0.15) is 11.5 Å². The van der Waals surface area contributed by atoms with E-state index in [-0.39, 0.29) is 24.2 Å². The number of Topliss-reactive ketones (excluding diaryl/α,β-unsaturated/α-hetero) is 1. The van der Waals surface area contributed by atoms with Crippen LogP contribution >= 0.6 is 0 Å². The Morgan fingerprint density at radius 2 is 1.54 bits per heavy atom. The first kappa shape index (κ1) is 25.0. The predicted octanol–water partition coefficient (Wildman–Crippen LogP) is 3.31. The second-order valence-electron chi connectivity index (χ2n) is 8.12. The van der Waals surface area contributed by atoms with E-state index in [0.29, 0.717) is 17.1 Å². The molecule has 0 bridgehead atoms. The highest BCUT2D eigenvalue weighted by Crippen LogP contribution is 2.24. The fourth-order valence-corrected chi connectivity index (χ4v) is 3.57. The molecule has 1 heterocycles. The number of ether oxygens (including phenoxy) is 2. The van der Waals surface area contributed by atoms with Crippen molar-refractivity contribution < 1.29 is 33.6 Å². The molecule has 0 aromatic heterocycles. The monoisotopic (exact) mass is 503 g/mol. The van der Waals surface area contributed by atoms with Crippen molar-refractivity contribution in [1.29, 1.82) is 0 Å². The molecule has 4 rings (SSSR count). The van der Waals surface area contributed by atoms with Crippen LogP contribution in [0.15, 0.2) is 78.9 Å². The van der Waals surface area contributed by atoms with Crippen LogP contribution in [0.5, 0.6) is 11.5 Å². The maximum Gasteiger partial charge on any atom is 0.311 e. The Hall–Kier alpha value is -5.06. The number of nitrogens with zero attached hydrogens (tertiary/aromatic N) is 2. The van der Waals surface area contributed by atoms with Crippen LogP contribution in [0.4, 0.5) is 5.69 Å². The smallest absolute Gasteiger partial charge is 0.311 e. The van der Waals surface area contributed by atoms with Crippen molar-refractivity contribution in [2.24, 2.45) is 5.92 Å². The molecule has 1 aliphatic heterocycles. The molecule has 11 nitrogen and oxygen atoms in total. The van der Waals surface area contributed by atoms with Gasteiger partial charge in [0.25, 0.3) is 11.6 Å². The number of benzene rings is 3. The number of hydrazine groups is 1. The zero-order chi connectivity index (χ0) is 26.4. The van der Waals surface area contributed by atoms with Crippen molar-refractivity contribution in [2.75, 3.05) is 13.2 Å². The second-order valence-corrected chi connectivity index (χ2v) is 8.12. The molecule has 3 aromatic rings. The average Bonchev–Trinajstić information content (AvgIpc) is 3.28. The largest absolute Gasteiger partial charge is 0.457 e. The van der Waals surface area contributed by atoms with Crippen LogP contribution in [-0.2, 0) is 14.3 Å². The molecule has 1 atom stereocenters. The number of carbonyl (C=O) groups is 4. The summed E-state index contributed by atoms with van der Waals surface area (Å²) >= 11 is 0. The Morgan fingerprint density at radius 3 is 2.16 bits per heavy atom. The number of rotatable bonds is 9. The van der Waals surface area contributed by atoms with Gasteiger partial charge in [0.15, 0.2) is 12.4 Å². The van der Waals surface area contributed by atoms with Gasteiger partial charge in [-0.2, -0.15) is 0 Å². The van der Waals surface area contributed by atoms with Gasteiger partial charge >= 0.3 is 5.97 Å². The van der Waals surface area contributed by atoms with Crippen molar-refractivity contribution in [3.05, 3.63) is 100 Å². The third-order valence-corrected chi connectivity index (χ3v) is 5.54. The lowest BCUT2D eigenvalue weighted by Gasteiger charge is -2.17. The average molecular weight is 503 g/mol. The maximum atomic E-state index is 12.4. The topological polar surface area (TPSA) is 145 Å². The molecule has 3 aromatic carbocycles. The zero-order valence-corrected chi connectivity index (χ0v) is 19.4. The van der Waals surface area contributed by atoms with Gasteiger partial charge in [0, 0.05) is 29.7 Å². The number of ketones is 1. The summed E-state index contributed by atoms with van der Waals surface area (Å²) in [5, 5.41) is 11.8. The normalized spacial score (nSPS) is 14.6. The Balaban J connectivity index is 1.25. The van der Waals surface area contributed by atoms with Gasteiger partial charge in [-0.1, -0.05) is 18.2 Å². The van der Waals surface area contributed by atoms with Crippen molar-refractivity contribution >= 4 is 29.3 Å². The molecule has 0 aliphatic carbocycles. The number of esters is 1. The van der Waals surface area contributed by atoms with Crippen molar-refractivity contribution in [1.82, 2.24) is 10.4 Å². The molecule has 11 heteroatoms. The van der Waals surface area contributed by atoms with E-state index in [1.165, 1.54) is 36.4 Å². The highest BCUT2D eigenvalue weighted by Gasteiger charge is 2.36. The van der Waals surface area contributed by atoms with Crippen LogP contribution in [0.25, 0.3) is 0 Å². The number of carbonyl (C=O) groups excluding carboxylic acids is 4. The lowest BCUT2D eigenvalue weighted by atomic mass is 10.1. The van der Waals surface area contributed by atoms with Gasteiger partial charge in [-0.05, 0) is 48.5 Å². The fraction of sp³-hybridized carbons (Fsp3) is 0.154. The molecular formula is C26H21N3O8. The first-order valence-electron chi connectivity index (χ1n) is 11.2. The molecule has 1 N–H and O–H groups in total. The molecule has 0 saturated carbocycles. The van der Waals surface area contributed by atoms with Gasteiger partial charge in [0.2, 0.25) is 5.91 Å². The minimum atomic E-state index is -0.811. The highest BCUT2D eigenvalue weighted by molar-refractivity contribution is 5.99. The summed E-state index contributed by atoms with van der Waals surface area (Å²) in [5.41, 5.74) is 3.07. The quantitative estimate of drug-likeness (QED) is 0.203. The summed E-state index contributed by atoms with van der Waals surface area (Å²) in [6.45, 7) is -0.568. The minimum Gasteiger partial charge on any atom is -0.457 e. The van der Waals surface area contributed by atoms with Crippen molar-refractivity contribution in [3.8, 4) is 11.5 Å². The third kappa shape index (κ3) is 6.34. The fourth-order valence-electron chi connectivity index (χ4n) is 3.57. The number of nitro groups is 1. The molecular weight excluding hydrogens is 482 g/mol. The number of amides is 2. The van der Waals surface area contributed by atoms with E-state index < -0.39 is 41.0 Å². The van der Waals surface area contributed by atoms with Crippen molar-refractivity contribution in [2.45, 2.75) is 6.42 Å². The van der Waals surface area contributed by atoms with E-state index in [1.54, 1.807) is 42.5 Å². The van der Waals surface area contributed by atoms with Crippen molar-refractivity contribution in [3.63, 3.8) is 0 Å². The summed E-state index contributed by atoms with van der Waals surface area (Å²) in [6.07, 6.45) is -0.142. The summed E-state index contributed by atoms with van der Waals surface area (Å²) in [5.74, 6) is -2.08. The van der Waals surface area contributed by atoms with Crippen LogP contribution in [-0.4, -0.2) is 46.7 Å². The van der Waals surface area contributed by atoms with E-state index in [4.69, 9.17) is 9.47 Å². The van der Waals surface area contributed by atoms with E-state index >= 15 is 0 Å². The summed E-state index contributed by atoms with van der Waals surface area (Å²) in [6, 6.07) is 20.0. The lowest BCUT2D eigenvalue weighted by molar-refractivity contribution is -0.384. The number of hydrogen-bond donors (Lipinski definition) is 1. The summed E-state index contributed by atoms with van der Waals surface area (Å²) in [4.78, 5) is 59.6. The predicted molar refractivity (Wildman–Crippen MR) is 129 cm³/mol. The Labute approximate surface area is 210 Å². The molecule has 1 saturated heterocycles. The number of non-ortho nitro benzene ring substituents is 1. The Kier molecular flexibility index (Phi) is 7.53. The molecule has 188 valence electrons. The maximum absolute atomic E-state index is 12.4. The Morgan fingerprint density at radius 1 is 0.919 bits per heavy atom. The third-order valence-electron chi connectivity index (χ3n) is 5.54. The lowest BCUT2D eigenvalue weighted by Crippen LogP contribution is -2.43. The summed E-state index contributed by atoms with van der Waals surface area (Å²) < 4.78 is 10.7. The van der Waals surface area contributed by atoms with Crippen LogP contribution in [0.3, 0.4) is 0 Å². The first-order chi connectivity index (χ1) is 17.8. The van der Waals surface area contributed by atoms with Crippen LogP contribution in [0, 0.1) is 16.0 Å². The highest BCUT2D eigenvalue weighted by atomic mass is 16.6. The minimum absolute atomic E-state index is 0.0564. The number of nitro benzene ring substituents is 1. The molecule has 37 heavy (non-hydrogen) atoms. The van der Waals surface area contributed by atoms with Crippen LogP contribution in [0.2, 0.25) is 0 Å². The molecule has 2 amide bonds. The number of nitrogens with one attached hydrogen (secondary N) is 1. The first-order valence-corrected chi connectivity index (χ1v) is 11.2. The van der Waals surface area contributed by atoms with Crippen LogP contribution in [0.1, 0.15) is 27.1 Å². The Bertz CT molecular complexity index is 1320. The van der Waals surface area contributed by atoms with Gasteiger partial charge in [-0.15, -0.1) is 0 Å². The van der Waals surface area contributed by atoms with E-state index in [1.807, 2.05) is 0 Å².